The molecule has 0 spiro atoms. The zero-order valence-electron chi connectivity index (χ0n) is 16.4. The van der Waals surface area contributed by atoms with Crippen LogP contribution >= 0.6 is 0 Å². The Balaban J connectivity index is 0.000000122. The summed E-state index contributed by atoms with van der Waals surface area (Å²) in [5, 5.41) is 39.1. The highest BCUT2D eigenvalue weighted by Crippen LogP contribution is 2.62. The van der Waals surface area contributed by atoms with Crippen LogP contribution in [0.4, 0.5) is 0 Å². The molecule has 4 N–H and O–H groups in total. The fourth-order valence-corrected chi connectivity index (χ4v) is 8.93. The minimum absolute atomic E-state index is 0.470. The van der Waals surface area contributed by atoms with Crippen LogP contribution in [0.25, 0.3) is 0 Å². The van der Waals surface area contributed by atoms with Crippen molar-refractivity contribution in [1.82, 2.24) is 0 Å². The topological polar surface area (TPSA) is 115 Å². The maximum absolute atomic E-state index is 11.3. The lowest BCUT2D eigenvalue weighted by Crippen LogP contribution is -2.58. The third kappa shape index (κ3) is 2.82. The van der Waals surface area contributed by atoms with Crippen LogP contribution in [-0.2, 0) is 9.59 Å². The van der Waals surface area contributed by atoms with Gasteiger partial charge in [-0.3, -0.25) is 9.59 Å². The van der Waals surface area contributed by atoms with Gasteiger partial charge in [0.1, 0.15) is 0 Å². The van der Waals surface area contributed by atoms with Gasteiger partial charge in [0.25, 0.3) is 0 Å². The van der Waals surface area contributed by atoms with Gasteiger partial charge in [-0.2, -0.15) is 0 Å². The van der Waals surface area contributed by atoms with Crippen molar-refractivity contribution >= 4 is 11.9 Å². The Morgan fingerprint density at radius 3 is 1.07 bits per heavy atom. The molecule has 0 aromatic rings. The third-order valence-electron chi connectivity index (χ3n) is 8.97. The van der Waals surface area contributed by atoms with Gasteiger partial charge in [0.2, 0.25) is 0 Å². The number of hydrogen-bond donors (Lipinski definition) is 4. The van der Waals surface area contributed by atoms with Crippen molar-refractivity contribution in [3.05, 3.63) is 0 Å². The van der Waals surface area contributed by atoms with Crippen LogP contribution in [0.15, 0.2) is 0 Å². The van der Waals surface area contributed by atoms with Crippen molar-refractivity contribution in [3.8, 4) is 0 Å². The summed E-state index contributed by atoms with van der Waals surface area (Å²) in [6, 6.07) is 0. The summed E-state index contributed by atoms with van der Waals surface area (Å²) in [6.07, 6.45) is 9.91. The molecule has 28 heavy (non-hydrogen) atoms. The Kier molecular flexibility index (Phi) is 3.85. The molecule has 0 heterocycles. The van der Waals surface area contributed by atoms with Gasteiger partial charge >= 0.3 is 11.9 Å². The second-order valence-corrected chi connectivity index (χ2v) is 11.5. The van der Waals surface area contributed by atoms with Gasteiger partial charge in [-0.05, 0) is 101 Å². The first-order valence-electron chi connectivity index (χ1n) is 10.9. The highest BCUT2D eigenvalue weighted by molar-refractivity contribution is 5.76. The summed E-state index contributed by atoms with van der Waals surface area (Å²) in [7, 11) is 0. The molecule has 8 saturated carbocycles. The highest BCUT2D eigenvalue weighted by atomic mass is 16.4. The molecule has 0 aromatic carbocycles. The van der Waals surface area contributed by atoms with Crippen molar-refractivity contribution in [1.29, 1.82) is 0 Å². The van der Waals surface area contributed by atoms with E-state index in [1.807, 2.05) is 0 Å². The largest absolute Gasteiger partial charge is 0.481 e. The minimum Gasteiger partial charge on any atom is -0.481 e. The molecule has 4 atom stereocenters. The molecule has 8 bridgehead atoms. The quantitative estimate of drug-likeness (QED) is 0.574. The lowest BCUT2D eigenvalue weighted by molar-refractivity contribution is -0.191. The summed E-state index contributed by atoms with van der Waals surface area (Å²) < 4.78 is 0. The van der Waals surface area contributed by atoms with Crippen LogP contribution in [0.2, 0.25) is 0 Å². The lowest BCUT2D eigenvalue weighted by atomic mass is 9.48. The first kappa shape index (κ1) is 18.9. The first-order valence-corrected chi connectivity index (χ1v) is 10.9. The molecule has 0 saturated heterocycles. The van der Waals surface area contributed by atoms with Gasteiger partial charge in [-0.25, -0.2) is 0 Å². The number of carboxylic acid groups (broad SMARTS) is 2. The van der Waals surface area contributed by atoms with Crippen molar-refractivity contribution in [2.75, 3.05) is 0 Å². The zero-order chi connectivity index (χ0) is 19.9. The highest BCUT2D eigenvalue weighted by Gasteiger charge is 2.61. The van der Waals surface area contributed by atoms with Gasteiger partial charge in [-0.15, -0.1) is 0 Å². The van der Waals surface area contributed by atoms with E-state index in [-0.39, 0.29) is 0 Å². The Bertz CT molecular complexity index is 626. The molecular weight excluding hydrogens is 360 g/mol. The monoisotopic (exact) mass is 392 g/mol. The fraction of sp³-hybridized carbons (Fsp3) is 0.909. The second-order valence-electron chi connectivity index (χ2n) is 11.5. The van der Waals surface area contributed by atoms with Crippen LogP contribution in [-0.4, -0.2) is 43.6 Å². The van der Waals surface area contributed by atoms with E-state index in [2.05, 4.69) is 0 Å². The molecule has 8 aliphatic carbocycles. The maximum Gasteiger partial charge on any atom is 0.309 e. The van der Waals surface area contributed by atoms with Crippen LogP contribution < -0.4 is 0 Å². The molecule has 8 fully saturated rings. The van der Waals surface area contributed by atoms with E-state index in [4.69, 9.17) is 0 Å². The molecule has 4 unspecified atom stereocenters. The van der Waals surface area contributed by atoms with Crippen molar-refractivity contribution in [2.24, 2.45) is 34.5 Å². The molecule has 0 radical (unpaired) electrons. The molecule has 8 rings (SSSR count). The van der Waals surface area contributed by atoms with E-state index < -0.39 is 34.0 Å². The molecule has 0 amide bonds. The van der Waals surface area contributed by atoms with Crippen LogP contribution in [0.3, 0.4) is 0 Å². The molecule has 0 aromatic heterocycles. The number of rotatable bonds is 2. The van der Waals surface area contributed by atoms with Crippen LogP contribution in [0.1, 0.15) is 77.0 Å². The molecular formula is C22H32O6. The van der Waals surface area contributed by atoms with Crippen molar-refractivity contribution in [2.45, 2.75) is 88.3 Å². The van der Waals surface area contributed by atoms with E-state index in [0.717, 1.165) is 64.2 Å². The SMILES string of the molecule is O=C(O)C12CC3CC(CC(O)(C3)C1)C2.O=C(O)C12CC3CC(CC(O)(C3)C1)C2. The summed E-state index contributed by atoms with van der Waals surface area (Å²) >= 11 is 0. The Morgan fingerprint density at radius 1 is 0.571 bits per heavy atom. The fourth-order valence-electron chi connectivity index (χ4n) is 8.93. The smallest absolute Gasteiger partial charge is 0.309 e. The summed E-state index contributed by atoms with van der Waals surface area (Å²) in [5.74, 6) is 0.527. The average molecular weight is 392 g/mol. The molecule has 156 valence electrons. The Morgan fingerprint density at radius 2 is 0.857 bits per heavy atom. The predicted molar refractivity (Wildman–Crippen MR) is 99.4 cm³/mol. The Labute approximate surface area is 165 Å². The minimum atomic E-state index is -0.676. The molecule has 8 aliphatic rings. The van der Waals surface area contributed by atoms with E-state index in [1.54, 1.807) is 0 Å². The first-order chi connectivity index (χ1) is 13.0. The van der Waals surface area contributed by atoms with Gasteiger partial charge in [0.15, 0.2) is 0 Å². The van der Waals surface area contributed by atoms with Gasteiger partial charge in [-0.1, -0.05) is 0 Å². The van der Waals surface area contributed by atoms with Crippen LogP contribution in [0.5, 0.6) is 0 Å². The maximum atomic E-state index is 11.3. The summed E-state index contributed by atoms with van der Waals surface area (Å²) in [4.78, 5) is 22.6. The van der Waals surface area contributed by atoms with E-state index in [0.29, 0.717) is 36.5 Å². The standard InChI is InChI=1S/2C11H16O3/c2*12-9(13)10-2-7-1-8(3-10)5-11(14,4-7)6-10/h2*7-8,14H,1-6H2,(H,12,13). The van der Waals surface area contributed by atoms with Gasteiger partial charge in [0, 0.05) is 0 Å². The number of carbonyl (C=O) groups is 2. The van der Waals surface area contributed by atoms with E-state index in [9.17, 15) is 30.0 Å². The van der Waals surface area contributed by atoms with E-state index >= 15 is 0 Å². The zero-order valence-corrected chi connectivity index (χ0v) is 16.4. The number of aliphatic carboxylic acids is 2. The normalized spacial score (nSPS) is 54.9. The van der Waals surface area contributed by atoms with E-state index in [1.165, 1.54) is 0 Å². The summed E-state index contributed by atoms with van der Waals surface area (Å²) in [5.41, 5.74) is -2.41. The lowest BCUT2D eigenvalue weighted by Gasteiger charge is -2.58. The molecule has 6 heteroatoms. The third-order valence-corrected chi connectivity index (χ3v) is 8.97. The predicted octanol–water partition coefficient (Wildman–Crippen LogP) is 2.80. The van der Waals surface area contributed by atoms with Crippen molar-refractivity contribution in [3.63, 3.8) is 0 Å². The molecule has 6 nitrogen and oxygen atoms in total. The van der Waals surface area contributed by atoms with Crippen LogP contribution in [0, 0.1) is 34.5 Å². The number of carboxylic acids is 2. The molecule has 0 aliphatic heterocycles. The van der Waals surface area contributed by atoms with Gasteiger partial charge < -0.3 is 20.4 Å². The number of aliphatic hydroxyl groups is 2. The second kappa shape index (κ2) is 5.72. The summed E-state index contributed by atoms with van der Waals surface area (Å²) in [6.45, 7) is 0. The average Bonchev–Trinajstić information content (AvgIpc) is 2.50. The van der Waals surface area contributed by atoms with Crippen molar-refractivity contribution < 1.29 is 30.0 Å². The Hall–Kier alpha value is -1.14. The number of hydrogen-bond acceptors (Lipinski definition) is 4. The van der Waals surface area contributed by atoms with Gasteiger partial charge in [0.05, 0.1) is 22.0 Å².